The van der Waals surface area contributed by atoms with Crippen molar-refractivity contribution >= 4 is 34.2 Å². The summed E-state index contributed by atoms with van der Waals surface area (Å²) in [6.07, 6.45) is 0. The Morgan fingerprint density at radius 3 is 2.45 bits per heavy atom. The molecule has 33 heavy (non-hydrogen) atoms. The maximum Gasteiger partial charge on any atom is 0.338 e. The number of nitrogens with zero attached hydrogens (tertiary/aromatic N) is 1. The summed E-state index contributed by atoms with van der Waals surface area (Å²) in [5.41, 5.74) is 2.46. The van der Waals surface area contributed by atoms with Crippen molar-refractivity contribution in [2.75, 3.05) is 19.0 Å². The Labute approximate surface area is 190 Å². The van der Waals surface area contributed by atoms with E-state index in [9.17, 15) is 9.59 Å². The summed E-state index contributed by atoms with van der Waals surface area (Å²) in [5.74, 6) is -0.260. The first-order valence-electron chi connectivity index (χ1n) is 10.4. The molecule has 0 saturated heterocycles. The second-order valence-electron chi connectivity index (χ2n) is 7.04. The van der Waals surface area contributed by atoms with E-state index < -0.39 is 11.9 Å². The quantitative estimate of drug-likeness (QED) is 0.420. The number of rotatable bonds is 6. The number of hydrogen-bond acceptors (Lipinski definition) is 6. The summed E-state index contributed by atoms with van der Waals surface area (Å²) in [6.45, 7) is 2.05. The number of esters is 1. The summed E-state index contributed by atoms with van der Waals surface area (Å²) in [4.78, 5) is 29.6. The van der Waals surface area contributed by atoms with Gasteiger partial charge in [-0.25, -0.2) is 9.79 Å². The van der Waals surface area contributed by atoms with Gasteiger partial charge in [-0.15, -0.1) is 0 Å². The molecular weight excluding hydrogens is 420 g/mol. The van der Waals surface area contributed by atoms with Crippen LogP contribution in [0, 0.1) is 0 Å². The maximum absolute atomic E-state index is 13.2. The fourth-order valence-electron chi connectivity index (χ4n) is 3.26. The number of amides is 1. The second-order valence-corrected chi connectivity index (χ2v) is 7.04. The molecule has 3 aromatic carbocycles. The van der Waals surface area contributed by atoms with Crippen molar-refractivity contribution in [2.45, 2.75) is 6.92 Å². The minimum atomic E-state index is -0.406. The Kier molecular flexibility index (Phi) is 6.50. The van der Waals surface area contributed by atoms with E-state index in [1.807, 2.05) is 24.3 Å². The summed E-state index contributed by atoms with van der Waals surface area (Å²) < 4.78 is 16.3. The molecule has 7 nitrogen and oxygen atoms in total. The van der Waals surface area contributed by atoms with E-state index in [4.69, 9.17) is 13.9 Å². The minimum Gasteiger partial charge on any atom is -0.495 e. The third-order valence-corrected chi connectivity index (χ3v) is 4.86. The van der Waals surface area contributed by atoms with Gasteiger partial charge in [0, 0.05) is 5.39 Å². The normalized spacial score (nSPS) is 11.3. The molecule has 0 bridgehead atoms. The molecule has 4 rings (SSSR count). The van der Waals surface area contributed by atoms with Crippen LogP contribution in [0.2, 0.25) is 0 Å². The summed E-state index contributed by atoms with van der Waals surface area (Å²) in [7, 11) is 1.54. The molecule has 1 N–H and O–H groups in total. The third kappa shape index (κ3) is 4.93. The topological polar surface area (TPSA) is 90.1 Å². The van der Waals surface area contributed by atoms with E-state index in [-0.39, 0.29) is 11.1 Å². The number of benzene rings is 3. The van der Waals surface area contributed by atoms with E-state index in [2.05, 4.69) is 10.3 Å². The Morgan fingerprint density at radius 1 is 0.970 bits per heavy atom. The van der Waals surface area contributed by atoms with Gasteiger partial charge in [0.2, 0.25) is 5.55 Å². The largest absolute Gasteiger partial charge is 0.495 e. The lowest BCUT2D eigenvalue weighted by Gasteiger charge is -2.10. The number of para-hydroxylation sites is 3. The van der Waals surface area contributed by atoms with Gasteiger partial charge >= 0.3 is 5.97 Å². The lowest BCUT2D eigenvalue weighted by atomic mass is 10.1. The number of ether oxygens (including phenoxy) is 2. The van der Waals surface area contributed by atoms with Gasteiger partial charge in [0.1, 0.15) is 16.9 Å². The predicted molar refractivity (Wildman–Crippen MR) is 125 cm³/mol. The lowest BCUT2D eigenvalue weighted by Crippen LogP contribution is -2.21. The zero-order chi connectivity index (χ0) is 23.2. The van der Waals surface area contributed by atoms with Crippen molar-refractivity contribution in [2.24, 2.45) is 4.99 Å². The number of fused-ring (bicyclic) bond motifs is 1. The van der Waals surface area contributed by atoms with Gasteiger partial charge in [-0.1, -0.05) is 30.3 Å². The van der Waals surface area contributed by atoms with Crippen LogP contribution in [0.15, 0.2) is 88.3 Å². The third-order valence-electron chi connectivity index (χ3n) is 4.86. The van der Waals surface area contributed by atoms with Crippen LogP contribution in [0.1, 0.15) is 27.6 Å². The Balaban J connectivity index is 1.76. The van der Waals surface area contributed by atoms with Crippen LogP contribution in [-0.2, 0) is 4.74 Å². The molecule has 1 aromatic heterocycles. The van der Waals surface area contributed by atoms with Crippen LogP contribution < -0.4 is 15.6 Å². The monoisotopic (exact) mass is 442 g/mol. The highest BCUT2D eigenvalue weighted by atomic mass is 16.5. The van der Waals surface area contributed by atoms with E-state index >= 15 is 0 Å². The fourth-order valence-corrected chi connectivity index (χ4v) is 3.26. The molecule has 7 heteroatoms. The standard InChI is InChI=1S/C26H22N2O5/c1-3-32-26(30)17-12-14-19(15-13-17)27-25-20(16-18-8-4-6-10-22(18)33-25)24(29)28-21-9-5-7-11-23(21)31-2/h4-16H,3H2,1-2H3,(H,28,29). The number of nitrogens with one attached hydrogen (secondary N) is 1. The van der Waals surface area contributed by atoms with Crippen molar-refractivity contribution < 1.29 is 23.5 Å². The molecule has 0 saturated carbocycles. The van der Waals surface area contributed by atoms with Crippen molar-refractivity contribution in [3.8, 4) is 5.75 Å². The van der Waals surface area contributed by atoms with Crippen LogP contribution in [0.5, 0.6) is 5.75 Å². The van der Waals surface area contributed by atoms with Crippen molar-refractivity contribution in [3.05, 3.63) is 95.5 Å². The molecule has 0 aliphatic heterocycles. The lowest BCUT2D eigenvalue weighted by molar-refractivity contribution is 0.0526. The van der Waals surface area contributed by atoms with Gasteiger partial charge in [0.25, 0.3) is 5.91 Å². The first-order chi connectivity index (χ1) is 16.1. The molecule has 4 aromatic rings. The molecule has 0 radical (unpaired) electrons. The van der Waals surface area contributed by atoms with Crippen LogP contribution in [0.4, 0.5) is 11.4 Å². The van der Waals surface area contributed by atoms with Crippen molar-refractivity contribution in [1.82, 2.24) is 0 Å². The van der Waals surface area contributed by atoms with Crippen molar-refractivity contribution in [3.63, 3.8) is 0 Å². The summed E-state index contributed by atoms with van der Waals surface area (Å²) >= 11 is 0. The maximum atomic E-state index is 13.2. The average Bonchev–Trinajstić information content (AvgIpc) is 2.84. The Hall–Kier alpha value is -4.39. The second kappa shape index (κ2) is 9.82. The zero-order valence-corrected chi connectivity index (χ0v) is 18.2. The van der Waals surface area contributed by atoms with E-state index in [1.54, 1.807) is 61.5 Å². The van der Waals surface area contributed by atoms with Crippen molar-refractivity contribution in [1.29, 1.82) is 0 Å². The smallest absolute Gasteiger partial charge is 0.338 e. The molecule has 0 aliphatic rings. The highest BCUT2D eigenvalue weighted by Crippen LogP contribution is 2.24. The molecule has 1 amide bonds. The molecular formula is C26H22N2O5. The highest BCUT2D eigenvalue weighted by Gasteiger charge is 2.15. The number of hydrogen-bond donors (Lipinski definition) is 1. The van der Waals surface area contributed by atoms with Crippen LogP contribution in [-0.4, -0.2) is 25.6 Å². The van der Waals surface area contributed by atoms with E-state index in [1.165, 1.54) is 7.11 Å². The molecule has 1 heterocycles. The zero-order valence-electron chi connectivity index (χ0n) is 18.2. The number of anilines is 1. The average molecular weight is 442 g/mol. The molecule has 0 atom stereocenters. The highest BCUT2D eigenvalue weighted by molar-refractivity contribution is 6.06. The van der Waals surface area contributed by atoms with Crippen LogP contribution >= 0.6 is 0 Å². The fraction of sp³-hybridized carbons (Fsp3) is 0.115. The molecule has 166 valence electrons. The number of carbonyl (C=O) groups is 2. The van der Waals surface area contributed by atoms with Crippen LogP contribution in [0.3, 0.4) is 0 Å². The summed E-state index contributed by atoms with van der Waals surface area (Å²) in [6, 6.07) is 22.8. The first-order valence-corrected chi connectivity index (χ1v) is 10.4. The Bertz CT molecular complexity index is 1370. The molecule has 0 fully saturated rings. The molecule has 0 spiro atoms. The van der Waals surface area contributed by atoms with Gasteiger partial charge in [0.15, 0.2) is 0 Å². The van der Waals surface area contributed by atoms with Gasteiger partial charge in [-0.05, 0) is 55.5 Å². The SMILES string of the molecule is CCOC(=O)c1ccc(N=c2oc3ccccc3cc2C(=O)Nc2ccccc2OC)cc1. The van der Waals surface area contributed by atoms with Gasteiger partial charge in [-0.2, -0.15) is 0 Å². The van der Waals surface area contributed by atoms with Gasteiger partial charge < -0.3 is 19.2 Å². The number of methoxy groups -OCH3 is 1. The molecule has 0 unspecified atom stereocenters. The molecule has 0 aliphatic carbocycles. The Morgan fingerprint density at radius 2 is 1.70 bits per heavy atom. The van der Waals surface area contributed by atoms with E-state index in [0.29, 0.717) is 34.9 Å². The summed E-state index contributed by atoms with van der Waals surface area (Å²) in [5, 5.41) is 3.62. The minimum absolute atomic E-state index is 0.144. The number of carbonyl (C=O) groups excluding carboxylic acids is 2. The van der Waals surface area contributed by atoms with Crippen LogP contribution in [0.25, 0.3) is 11.0 Å². The van der Waals surface area contributed by atoms with Gasteiger partial charge in [-0.3, -0.25) is 4.79 Å². The predicted octanol–water partition coefficient (Wildman–Crippen LogP) is 5.10. The first kappa shape index (κ1) is 21.8. The van der Waals surface area contributed by atoms with Gasteiger partial charge in [0.05, 0.1) is 30.7 Å². The van der Waals surface area contributed by atoms with E-state index in [0.717, 1.165) is 5.39 Å².